The first-order valence-corrected chi connectivity index (χ1v) is 3.46. The molecule has 10 heavy (non-hydrogen) atoms. The van der Waals surface area contributed by atoms with Crippen molar-refractivity contribution in [2.75, 3.05) is 6.54 Å². The third-order valence-electron chi connectivity index (χ3n) is 1.19. The SMILES string of the molecule is N#CCCCCCNC=O. The van der Waals surface area contributed by atoms with E-state index in [-0.39, 0.29) is 0 Å². The second kappa shape index (κ2) is 7.96. The molecule has 0 saturated carbocycles. The molecule has 0 aromatic heterocycles. The van der Waals surface area contributed by atoms with Crippen LogP contribution in [0, 0.1) is 11.3 Å². The highest BCUT2D eigenvalue weighted by atomic mass is 16.1. The molecule has 0 bridgehead atoms. The molecule has 0 spiro atoms. The van der Waals surface area contributed by atoms with Crippen LogP contribution in [-0.2, 0) is 4.79 Å². The topological polar surface area (TPSA) is 52.9 Å². The van der Waals surface area contributed by atoms with Crippen molar-refractivity contribution in [3.8, 4) is 6.07 Å². The number of amides is 1. The molecule has 0 heterocycles. The molecular weight excluding hydrogens is 128 g/mol. The van der Waals surface area contributed by atoms with Gasteiger partial charge in [-0.05, 0) is 12.8 Å². The van der Waals surface area contributed by atoms with E-state index in [1.54, 1.807) is 0 Å². The Labute approximate surface area is 61.0 Å². The van der Waals surface area contributed by atoms with Gasteiger partial charge in [0.05, 0.1) is 6.07 Å². The smallest absolute Gasteiger partial charge is 0.207 e. The van der Waals surface area contributed by atoms with Crippen LogP contribution in [0.1, 0.15) is 25.7 Å². The first-order valence-electron chi connectivity index (χ1n) is 3.46. The first-order chi connectivity index (χ1) is 4.91. The maximum absolute atomic E-state index is 9.73. The Morgan fingerprint density at radius 1 is 1.40 bits per heavy atom. The number of carbonyl (C=O) groups excluding carboxylic acids is 1. The Balaban J connectivity index is 2.78. The average Bonchev–Trinajstić information content (AvgIpc) is 1.97. The summed E-state index contributed by atoms with van der Waals surface area (Å²) in [5.74, 6) is 0. The number of nitrogens with one attached hydrogen (secondary N) is 1. The number of hydrogen-bond donors (Lipinski definition) is 1. The van der Waals surface area contributed by atoms with Crippen molar-refractivity contribution in [2.45, 2.75) is 25.7 Å². The number of nitriles is 1. The van der Waals surface area contributed by atoms with Crippen molar-refractivity contribution in [1.82, 2.24) is 5.32 Å². The maximum atomic E-state index is 9.73. The van der Waals surface area contributed by atoms with E-state index in [4.69, 9.17) is 5.26 Å². The third kappa shape index (κ3) is 6.96. The normalized spacial score (nSPS) is 8.30. The molecule has 0 aromatic rings. The summed E-state index contributed by atoms with van der Waals surface area (Å²) in [5.41, 5.74) is 0. The van der Waals surface area contributed by atoms with Crippen LogP contribution >= 0.6 is 0 Å². The fourth-order valence-corrected chi connectivity index (χ4v) is 0.667. The van der Waals surface area contributed by atoms with Crippen molar-refractivity contribution >= 4 is 6.41 Å². The molecule has 0 saturated heterocycles. The van der Waals surface area contributed by atoms with E-state index in [0.717, 1.165) is 25.8 Å². The summed E-state index contributed by atoms with van der Waals surface area (Å²) in [7, 11) is 0. The highest BCUT2D eigenvalue weighted by molar-refractivity contribution is 5.45. The Morgan fingerprint density at radius 3 is 2.80 bits per heavy atom. The first kappa shape index (κ1) is 8.96. The molecule has 0 radical (unpaired) electrons. The summed E-state index contributed by atoms with van der Waals surface area (Å²) in [6.07, 6.45) is 4.26. The molecule has 1 N–H and O–H groups in total. The quantitative estimate of drug-likeness (QED) is 0.438. The lowest BCUT2D eigenvalue weighted by atomic mass is 10.2. The number of hydrogen-bond acceptors (Lipinski definition) is 2. The fourth-order valence-electron chi connectivity index (χ4n) is 0.667. The largest absolute Gasteiger partial charge is 0.359 e. The second-order valence-corrected chi connectivity index (χ2v) is 2.04. The van der Waals surface area contributed by atoms with Crippen LogP contribution in [0.4, 0.5) is 0 Å². The minimum absolute atomic E-state index is 0.626. The average molecular weight is 140 g/mol. The van der Waals surface area contributed by atoms with E-state index >= 15 is 0 Å². The van der Waals surface area contributed by atoms with Crippen molar-refractivity contribution in [2.24, 2.45) is 0 Å². The van der Waals surface area contributed by atoms with Gasteiger partial charge in [-0.25, -0.2) is 0 Å². The van der Waals surface area contributed by atoms with E-state index in [1.165, 1.54) is 0 Å². The van der Waals surface area contributed by atoms with Crippen LogP contribution < -0.4 is 5.32 Å². The molecule has 0 unspecified atom stereocenters. The molecular formula is C7H12N2O. The molecule has 0 aliphatic heterocycles. The number of unbranched alkanes of at least 4 members (excludes halogenated alkanes) is 3. The van der Waals surface area contributed by atoms with Gasteiger partial charge >= 0.3 is 0 Å². The van der Waals surface area contributed by atoms with Gasteiger partial charge in [0.15, 0.2) is 0 Å². The van der Waals surface area contributed by atoms with Crippen molar-refractivity contribution in [3.63, 3.8) is 0 Å². The number of carbonyl (C=O) groups is 1. The molecule has 0 aromatic carbocycles. The molecule has 0 aliphatic rings. The van der Waals surface area contributed by atoms with Gasteiger partial charge in [0, 0.05) is 13.0 Å². The summed E-state index contributed by atoms with van der Waals surface area (Å²) in [6, 6.07) is 2.07. The van der Waals surface area contributed by atoms with Crippen LogP contribution in [0.15, 0.2) is 0 Å². The number of nitrogens with zero attached hydrogens (tertiary/aromatic N) is 1. The molecule has 0 atom stereocenters. The Kier molecular flexibility index (Phi) is 7.13. The lowest BCUT2D eigenvalue weighted by molar-refractivity contribution is -0.109. The predicted octanol–water partition coefficient (Wildman–Crippen LogP) is 0.816. The van der Waals surface area contributed by atoms with Gasteiger partial charge in [-0.2, -0.15) is 5.26 Å². The maximum Gasteiger partial charge on any atom is 0.207 e. The van der Waals surface area contributed by atoms with Crippen molar-refractivity contribution in [1.29, 1.82) is 5.26 Å². The van der Waals surface area contributed by atoms with E-state index in [2.05, 4.69) is 11.4 Å². The molecule has 0 rings (SSSR count). The monoisotopic (exact) mass is 140 g/mol. The zero-order valence-corrected chi connectivity index (χ0v) is 5.97. The van der Waals surface area contributed by atoms with Gasteiger partial charge in [-0.15, -0.1) is 0 Å². The van der Waals surface area contributed by atoms with Gasteiger partial charge < -0.3 is 5.32 Å². The van der Waals surface area contributed by atoms with E-state index in [0.29, 0.717) is 12.8 Å². The Bertz CT molecular complexity index is 117. The standard InChI is InChI=1S/C7H12N2O/c8-5-3-1-2-4-6-9-7-10/h7H,1-4,6H2,(H,9,10). The predicted molar refractivity (Wildman–Crippen MR) is 38.1 cm³/mol. The van der Waals surface area contributed by atoms with E-state index in [1.807, 2.05) is 0 Å². The number of rotatable bonds is 6. The van der Waals surface area contributed by atoms with Gasteiger partial charge in [-0.3, -0.25) is 4.79 Å². The minimum atomic E-state index is 0.626. The molecule has 0 fully saturated rings. The molecule has 3 nitrogen and oxygen atoms in total. The Morgan fingerprint density at radius 2 is 2.20 bits per heavy atom. The van der Waals surface area contributed by atoms with Gasteiger partial charge in [0.2, 0.25) is 6.41 Å². The second-order valence-electron chi connectivity index (χ2n) is 2.04. The summed E-state index contributed by atoms with van der Waals surface area (Å²) in [6.45, 7) is 0.731. The van der Waals surface area contributed by atoms with Crippen LogP contribution in [-0.4, -0.2) is 13.0 Å². The zero-order chi connectivity index (χ0) is 7.66. The zero-order valence-electron chi connectivity index (χ0n) is 5.97. The Hall–Kier alpha value is -1.04. The van der Waals surface area contributed by atoms with Crippen LogP contribution in [0.2, 0.25) is 0 Å². The fraction of sp³-hybridized carbons (Fsp3) is 0.714. The molecule has 0 aliphatic carbocycles. The molecule has 1 amide bonds. The highest BCUT2D eigenvalue weighted by Gasteiger charge is 1.86. The van der Waals surface area contributed by atoms with Crippen LogP contribution in [0.3, 0.4) is 0 Å². The third-order valence-corrected chi connectivity index (χ3v) is 1.19. The lowest BCUT2D eigenvalue weighted by Gasteiger charge is -1.95. The van der Waals surface area contributed by atoms with Crippen molar-refractivity contribution < 1.29 is 4.79 Å². The molecule has 56 valence electrons. The van der Waals surface area contributed by atoms with Gasteiger partial charge in [0.25, 0.3) is 0 Å². The van der Waals surface area contributed by atoms with E-state index < -0.39 is 0 Å². The summed E-state index contributed by atoms with van der Waals surface area (Å²) < 4.78 is 0. The minimum Gasteiger partial charge on any atom is -0.359 e. The lowest BCUT2D eigenvalue weighted by Crippen LogP contribution is -2.11. The van der Waals surface area contributed by atoms with Gasteiger partial charge in [0.1, 0.15) is 0 Å². The summed E-state index contributed by atoms with van der Waals surface area (Å²) in [4.78, 5) is 9.73. The van der Waals surface area contributed by atoms with E-state index in [9.17, 15) is 4.79 Å². The summed E-state index contributed by atoms with van der Waals surface area (Å²) in [5, 5.41) is 10.7. The van der Waals surface area contributed by atoms with Gasteiger partial charge in [-0.1, -0.05) is 6.42 Å². The van der Waals surface area contributed by atoms with Crippen LogP contribution in [0.25, 0.3) is 0 Å². The van der Waals surface area contributed by atoms with Crippen molar-refractivity contribution in [3.05, 3.63) is 0 Å². The molecule has 3 heteroatoms. The van der Waals surface area contributed by atoms with Crippen LogP contribution in [0.5, 0.6) is 0 Å². The highest BCUT2D eigenvalue weighted by Crippen LogP contribution is 1.96. The summed E-state index contributed by atoms with van der Waals surface area (Å²) >= 11 is 0.